The zero-order chi connectivity index (χ0) is 25.2. The summed E-state index contributed by atoms with van der Waals surface area (Å²) in [5, 5.41) is 12.6. The van der Waals surface area contributed by atoms with E-state index in [4.69, 9.17) is 27.2 Å². The van der Waals surface area contributed by atoms with Crippen molar-refractivity contribution in [3.63, 3.8) is 0 Å². The van der Waals surface area contributed by atoms with Gasteiger partial charge < -0.3 is 26.4 Å². The third-order valence-corrected chi connectivity index (χ3v) is 7.70. The molecule has 1 aromatic carbocycles. The van der Waals surface area contributed by atoms with E-state index in [1.165, 1.54) is 0 Å². The first-order valence-electron chi connectivity index (χ1n) is 10.8. The number of amidine groups is 1. The lowest BCUT2D eigenvalue weighted by atomic mass is 9.78. The standard InChI is InChI=1S/C19H35N9O4S2/c1-24-11-19(12-32-13-29)5-9-28(10-6-19)14-3-4-15(33-25-8-2-7-20)17(34(23,30)31)16(14)18(21)26-27-22/h3-4,13,24-25,27H,2,5-12,20,22H2,1H3,(H2,21,26)(H2,23,30,31). The maximum Gasteiger partial charge on any atom is 0.293 e. The number of hydrazine groups is 1. The van der Waals surface area contributed by atoms with Gasteiger partial charge >= 0.3 is 0 Å². The highest BCUT2D eigenvalue weighted by molar-refractivity contribution is 7.98. The summed E-state index contributed by atoms with van der Waals surface area (Å²) in [6.45, 7) is 3.66. The van der Waals surface area contributed by atoms with Crippen molar-refractivity contribution in [2.45, 2.75) is 29.1 Å². The quantitative estimate of drug-likeness (QED) is 0.0281. The van der Waals surface area contributed by atoms with Gasteiger partial charge in [-0.15, -0.1) is 5.10 Å². The zero-order valence-electron chi connectivity index (χ0n) is 19.2. The Hall–Kier alpha value is -2.14. The van der Waals surface area contributed by atoms with Gasteiger partial charge in [-0.1, -0.05) is 0 Å². The second-order valence-corrected chi connectivity index (χ2v) is 10.5. The predicted octanol–water partition coefficient (Wildman–Crippen LogP) is -1.66. The highest BCUT2D eigenvalue weighted by Crippen LogP contribution is 2.38. The molecule has 1 aliphatic heterocycles. The Labute approximate surface area is 204 Å². The number of hydrogen-bond acceptors (Lipinski definition) is 12. The van der Waals surface area contributed by atoms with E-state index in [0.717, 1.165) is 18.4 Å². The summed E-state index contributed by atoms with van der Waals surface area (Å²) in [5.41, 5.74) is 14.3. The van der Waals surface area contributed by atoms with Crippen LogP contribution in [0.5, 0.6) is 0 Å². The smallest absolute Gasteiger partial charge is 0.293 e. The van der Waals surface area contributed by atoms with E-state index in [0.29, 0.717) is 69.2 Å². The largest absolute Gasteiger partial charge is 0.467 e. The fraction of sp³-hybridized carbons (Fsp3) is 0.579. The van der Waals surface area contributed by atoms with Crippen LogP contribution < -0.4 is 42.9 Å². The summed E-state index contributed by atoms with van der Waals surface area (Å²) in [5.74, 6) is 5.22. The first kappa shape index (κ1) is 28.1. The molecule has 192 valence electrons. The summed E-state index contributed by atoms with van der Waals surface area (Å²) in [7, 11) is -2.34. The van der Waals surface area contributed by atoms with Gasteiger partial charge in [-0.25, -0.2) is 24.9 Å². The van der Waals surface area contributed by atoms with Crippen LogP contribution in [-0.2, 0) is 19.6 Å². The first-order valence-corrected chi connectivity index (χ1v) is 13.1. The normalized spacial score (nSPS) is 16.4. The Morgan fingerprint density at radius 1 is 1.35 bits per heavy atom. The summed E-state index contributed by atoms with van der Waals surface area (Å²) in [4.78, 5) is 13.0. The molecule has 1 fully saturated rings. The molecule has 13 nitrogen and oxygen atoms in total. The Bertz CT molecular complexity index is 951. The summed E-state index contributed by atoms with van der Waals surface area (Å²) in [6.07, 6.45) is 2.13. The van der Waals surface area contributed by atoms with Gasteiger partial charge in [0.25, 0.3) is 6.47 Å². The second-order valence-electron chi connectivity index (χ2n) is 8.02. The number of carbonyl (C=O) groups excluding carboxylic acids is 1. The lowest BCUT2D eigenvalue weighted by Crippen LogP contribution is -2.47. The number of nitrogens with one attached hydrogen (secondary N) is 3. The minimum absolute atomic E-state index is 0.109. The molecule has 0 bridgehead atoms. The Balaban J connectivity index is 2.48. The van der Waals surface area contributed by atoms with Crippen LogP contribution in [0.4, 0.5) is 5.69 Å². The number of sulfonamides is 1. The molecular weight excluding hydrogens is 482 g/mol. The molecule has 1 aromatic rings. The van der Waals surface area contributed by atoms with Crippen LogP contribution in [0.15, 0.2) is 27.0 Å². The second kappa shape index (κ2) is 13.1. The predicted molar refractivity (Wildman–Crippen MR) is 133 cm³/mol. The Morgan fingerprint density at radius 3 is 2.62 bits per heavy atom. The van der Waals surface area contributed by atoms with Crippen LogP contribution in [0.1, 0.15) is 24.8 Å². The molecule has 0 unspecified atom stereocenters. The van der Waals surface area contributed by atoms with Gasteiger partial charge in [-0.3, -0.25) is 9.52 Å². The summed E-state index contributed by atoms with van der Waals surface area (Å²) >= 11 is 1.13. The zero-order valence-corrected chi connectivity index (χ0v) is 20.9. The SMILES string of the molecule is CNCC1(COC=O)CCN(c2ccc(SNCCCN)c(S(N)(=O)=O)c2/C(N)=N/NN)CC1. The van der Waals surface area contributed by atoms with Crippen LogP contribution in [0.25, 0.3) is 0 Å². The van der Waals surface area contributed by atoms with Crippen LogP contribution in [0.3, 0.4) is 0 Å². The fourth-order valence-electron chi connectivity index (χ4n) is 4.04. The number of nitrogens with two attached hydrogens (primary N) is 4. The number of anilines is 1. The van der Waals surface area contributed by atoms with Gasteiger partial charge in [0.1, 0.15) is 4.90 Å². The summed E-state index contributed by atoms with van der Waals surface area (Å²) < 4.78 is 33.6. The number of ether oxygens (including phenoxy) is 1. The van der Waals surface area contributed by atoms with Gasteiger partial charge in [0, 0.05) is 42.2 Å². The topological polar surface area (TPSA) is 216 Å². The molecule has 34 heavy (non-hydrogen) atoms. The average molecular weight is 518 g/mol. The van der Waals surface area contributed by atoms with Gasteiger partial charge in [0.05, 0.1) is 12.2 Å². The van der Waals surface area contributed by atoms with Crippen molar-refractivity contribution in [1.29, 1.82) is 0 Å². The molecule has 0 aromatic heterocycles. The van der Waals surface area contributed by atoms with E-state index in [-0.39, 0.29) is 21.7 Å². The third-order valence-electron chi connectivity index (χ3n) is 5.66. The molecule has 0 spiro atoms. The molecule has 1 aliphatic rings. The van der Waals surface area contributed by atoms with Gasteiger partial charge in [0.2, 0.25) is 10.0 Å². The average Bonchev–Trinajstić information content (AvgIpc) is 2.80. The van der Waals surface area contributed by atoms with Crippen LogP contribution in [-0.4, -0.2) is 67.1 Å². The molecule has 1 heterocycles. The lowest BCUT2D eigenvalue weighted by molar-refractivity contribution is -0.132. The van der Waals surface area contributed by atoms with E-state index < -0.39 is 10.0 Å². The van der Waals surface area contributed by atoms with E-state index in [1.54, 1.807) is 12.1 Å². The van der Waals surface area contributed by atoms with E-state index in [2.05, 4.69) is 20.7 Å². The molecule has 1 saturated heterocycles. The highest BCUT2D eigenvalue weighted by Gasteiger charge is 2.36. The van der Waals surface area contributed by atoms with Crippen molar-refractivity contribution in [2.24, 2.45) is 33.0 Å². The molecule has 11 N–H and O–H groups in total. The van der Waals surface area contributed by atoms with E-state index >= 15 is 0 Å². The molecule has 0 radical (unpaired) electrons. The molecule has 0 saturated carbocycles. The number of rotatable bonds is 14. The van der Waals surface area contributed by atoms with E-state index in [1.807, 2.05) is 11.9 Å². The number of hydrogen-bond donors (Lipinski definition) is 7. The number of piperidine rings is 1. The molecule has 15 heteroatoms. The molecule has 0 aliphatic carbocycles. The van der Waals surface area contributed by atoms with Crippen molar-refractivity contribution in [2.75, 3.05) is 51.3 Å². The third kappa shape index (κ3) is 7.18. The van der Waals surface area contributed by atoms with Gasteiger partial charge in [-0.2, -0.15) is 0 Å². The van der Waals surface area contributed by atoms with Gasteiger partial charge in [-0.05, 0) is 56.9 Å². The maximum atomic E-state index is 12.7. The number of hydrazone groups is 1. The van der Waals surface area contributed by atoms with E-state index in [9.17, 15) is 13.2 Å². The van der Waals surface area contributed by atoms with Crippen LogP contribution in [0, 0.1) is 5.41 Å². The minimum atomic E-state index is -4.19. The molecule has 0 atom stereocenters. The molecular formula is C19H35N9O4S2. The first-order chi connectivity index (χ1) is 16.2. The summed E-state index contributed by atoms with van der Waals surface area (Å²) in [6, 6.07) is 3.48. The molecule has 2 rings (SSSR count). The maximum absolute atomic E-state index is 12.7. The van der Waals surface area contributed by atoms with Crippen molar-refractivity contribution >= 4 is 40.0 Å². The number of benzene rings is 1. The van der Waals surface area contributed by atoms with Crippen molar-refractivity contribution in [3.05, 3.63) is 17.7 Å². The Morgan fingerprint density at radius 2 is 2.06 bits per heavy atom. The van der Waals surface area contributed by atoms with Crippen molar-refractivity contribution < 1.29 is 17.9 Å². The minimum Gasteiger partial charge on any atom is -0.467 e. The number of nitrogens with zero attached hydrogens (tertiary/aromatic N) is 2. The van der Waals surface area contributed by atoms with Crippen molar-refractivity contribution in [3.8, 4) is 0 Å². The number of carbonyl (C=O) groups is 1. The molecule has 0 amide bonds. The Kier molecular flexibility index (Phi) is 10.8. The van der Waals surface area contributed by atoms with Gasteiger partial charge in [0.15, 0.2) is 5.84 Å². The monoisotopic (exact) mass is 517 g/mol. The van der Waals surface area contributed by atoms with Crippen LogP contribution in [0.2, 0.25) is 0 Å². The van der Waals surface area contributed by atoms with Crippen molar-refractivity contribution in [1.82, 2.24) is 15.6 Å². The fourth-order valence-corrected chi connectivity index (χ4v) is 6.08. The van der Waals surface area contributed by atoms with Crippen LogP contribution >= 0.6 is 11.9 Å². The number of primary sulfonamides is 1. The lowest BCUT2D eigenvalue weighted by Gasteiger charge is -2.42. The highest BCUT2D eigenvalue weighted by atomic mass is 32.2.